The van der Waals surface area contributed by atoms with E-state index in [-0.39, 0.29) is 5.56 Å². The Morgan fingerprint density at radius 3 is 3.00 bits per heavy atom. The van der Waals surface area contributed by atoms with E-state index in [0.717, 1.165) is 11.5 Å². The molecule has 0 aromatic carbocycles. The van der Waals surface area contributed by atoms with Gasteiger partial charge in [0.2, 0.25) is 0 Å². The summed E-state index contributed by atoms with van der Waals surface area (Å²) >= 11 is 4.99. The van der Waals surface area contributed by atoms with Gasteiger partial charge in [0.05, 0.1) is 4.47 Å². The molecule has 0 amide bonds. The smallest absolute Gasteiger partial charge is 0.265 e. The zero-order valence-electron chi connectivity index (χ0n) is 8.00. The van der Waals surface area contributed by atoms with Gasteiger partial charge in [-0.15, -0.1) is 0 Å². The van der Waals surface area contributed by atoms with Gasteiger partial charge in [-0.1, -0.05) is 6.92 Å². The van der Waals surface area contributed by atoms with Crippen LogP contribution >= 0.6 is 27.7 Å². The number of hydrogen-bond donors (Lipinski definition) is 1. The molecular weight excluding hydrogens is 264 g/mol. The van der Waals surface area contributed by atoms with Crippen molar-refractivity contribution in [2.24, 2.45) is 0 Å². The molecule has 0 spiro atoms. The molecule has 78 valence electrons. The maximum absolute atomic E-state index is 11.6. The van der Waals surface area contributed by atoms with Crippen LogP contribution in [0, 0.1) is 0 Å². The minimum Gasteiger partial charge on any atom is -0.398 e. The van der Waals surface area contributed by atoms with Crippen LogP contribution in [-0.4, -0.2) is 16.1 Å². The highest BCUT2D eigenvalue weighted by Gasteiger charge is 2.01. The highest BCUT2D eigenvalue weighted by molar-refractivity contribution is 9.10. The van der Waals surface area contributed by atoms with Crippen LogP contribution in [0.4, 0.5) is 5.69 Å². The summed E-state index contributed by atoms with van der Waals surface area (Å²) in [5.41, 5.74) is 6.23. The Balaban J connectivity index is 2.81. The molecule has 0 saturated carbocycles. The summed E-state index contributed by atoms with van der Waals surface area (Å²) < 4.78 is 2.17. The molecule has 14 heavy (non-hydrogen) atoms. The SMILES string of the molecule is CCSCCn1cc(N)cc(Br)c1=O. The van der Waals surface area contributed by atoms with Crippen molar-refractivity contribution in [3.05, 3.63) is 27.1 Å². The number of anilines is 1. The summed E-state index contributed by atoms with van der Waals surface area (Å²) in [4.78, 5) is 11.6. The van der Waals surface area contributed by atoms with E-state index in [1.165, 1.54) is 0 Å². The number of hydrogen-bond acceptors (Lipinski definition) is 3. The van der Waals surface area contributed by atoms with Crippen LogP contribution in [-0.2, 0) is 6.54 Å². The maximum atomic E-state index is 11.6. The van der Waals surface area contributed by atoms with Crippen LogP contribution in [0.3, 0.4) is 0 Å². The third-order valence-corrected chi connectivity index (χ3v) is 3.19. The second-order valence-electron chi connectivity index (χ2n) is 2.82. The van der Waals surface area contributed by atoms with Gasteiger partial charge in [-0.25, -0.2) is 0 Å². The first kappa shape index (κ1) is 11.7. The summed E-state index contributed by atoms with van der Waals surface area (Å²) in [5.74, 6) is 2.00. The topological polar surface area (TPSA) is 48.0 Å². The van der Waals surface area contributed by atoms with Crippen molar-refractivity contribution in [1.29, 1.82) is 0 Å². The van der Waals surface area contributed by atoms with E-state index >= 15 is 0 Å². The average molecular weight is 277 g/mol. The number of rotatable bonds is 4. The Morgan fingerprint density at radius 1 is 1.64 bits per heavy atom. The number of halogens is 1. The lowest BCUT2D eigenvalue weighted by Crippen LogP contribution is -2.21. The van der Waals surface area contributed by atoms with Gasteiger partial charge >= 0.3 is 0 Å². The molecule has 3 nitrogen and oxygen atoms in total. The quantitative estimate of drug-likeness (QED) is 0.856. The fourth-order valence-corrected chi connectivity index (χ4v) is 2.20. The lowest BCUT2D eigenvalue weighted by molar-refractivity contribution is 0.733. The molecule has 5 heteroatoms. The highest BCUT2D eigenvalue weighted by Crippen LogP contribution is 2.08. The van der Waals surface area contributed by atoms with E-state index in [1.54, 1.807) is 16.8 Å². The van der Waals surface area contributed by atoms with E-state index < -0.39 is 0 Å². The van der Waals surface area contributed by atoms with Gasteiger partial charge in [0.1, 0.15) is 0 Å². The minimum atomic E-state index is -0.0177. The minimum absolute atomic E-state index is 0.0177. The van der Waals surface area contributed by atoms with Crippen LogP contribution in [0.25, 0.3) is 0 Å². The largest absolute Gasteiger partial charge is 0.398 e. The Labute approximate surface area is 95.8 Å². The monoisotopic (exact) mass is 276 g/mol. The summed E-state index contributed by atoms with van der Waals surface area (Å²) in [7, 11) is 0. The van der Waals surface area contributed by atoms with Gasteiger partial charge in [-0.3, -0.25) is 4.79 Å². The van der Waals surface area contributed by atoms with Crippen LogP contribution in [0.5, 0.6) is 0 Å². The summed E-state index contributed by atoms with van der Waals surface area (Å²) in [6.07, 6.45) is 1.68. The number of pyridine rings is 1. The Kier molecular flexibility index (Phi) is 4.54. The second-order valence-corrected chi connectivity index (χ2v) is 5.07. The Morgan fingerprint density at radius 2 is 2.36 bits per heavy atom. The molecule has 1 heterocycles. The third-order valence-electron chi connectivity index (χ3n) is 1.74. The fraction of sp³-hybridized carbons (Fsp3) is 0.444. The van der Waals surface area contributed by atoms with E-state index in [9.17, 15) is 4.79 Å². The molecule has 1 aromatic heterocycles. The molecule has 0 saturated heterocycles. The first-order chi connectivity index (χ1) is 6.65. The van der Waals surface area contributed by atoms with Crippen LogP contribution in [0.15, 0.2) is 21.5 Å². The van der Waals surface area contributed by atoms with Gasteiger partial charge in [-0.2, -0.15) is 11.8 Å². The third kappa shape index (κ3) is 3.06. The standard InChI is InChI=1S/C9H13BrN2OS/c1-2-14-4-3-12-6-7(11)5-8(10)9(12)13/h5-6H,2-4,11H2,1H3. The predicted molar refractivity (Wildman–Crippen MR) is 65.8 cm³/mol. The first-order valence-corrected chi connectivity index (χ1v) is 6.33. The molecule has 0 aliphatic rings. The highest BCUT2D eigenvalue weighted by atomic mass is 79.9. The number of nitrogen functional groups attached to an aromatic ring is 1. The van der Waals surface area contributed by atoms with Crippen molar-refractivity contribution in [2.75, 3.05) is 17.2 Å². The molecule has 1 rings (SSSR count). The van der Waals surface area contributed by atoms with Crippen molar-refractivity contribution < 1.29 is 0 Å². The summed E-state index contributed by atoms with van der Waals surface area (Å²) in [6.45, 7) is 2.81. The molecule has 0 unspecified atom stereocenters. The van der Waals surface area contributed by atoms with E-state index in [1.807, 2.05) is 11.8 Å². The number of aryl methyl sites for hydroxylation is 1. The lowest BCUT2D eigenvalue weighted by Gasteiger charge is -2.06. The van der Waals surface area contributed by atoms with Crippen molar-refractivity contribution in [3.8, 4) is 0 Å². The molecule has 0 fully saturated rings. The van der Waals surface area contributed by atoms with Gasteiger partial charge in [0, 0.05) is 24.2 Å². The number of aromatic nitrogens is 1. The normalized spacial score (nSPS) is 10.4. The maximum Gasteiger partial charge on any atom is 0.265 e. The Hall–Kier alpha value is -0.420. The summed E-state index contributed by atoms with van der Waals surface area (Å²) in [6, 6.07) is 1.63. The molecule has 0 aliphatic heterocycles. The first-order valence-electron chi connectivity index (χ1n) is 4.38. The van der Waals surface area contributed by atoms with Gasteiger partial charge < -0.3 is 10.3 Å². The van der Waals surface area contributed by atoms with Crippen LogP contribution in [0.1, 0.15) is 6.92 Å². The zero-order chi connectivity index (χ0) is 10.6. The van der Waals surface area contributed by atoms with Crippen molar-refractivity contribution in [3.63, 3.8) is 0 Å². The molecule has 2 N–H and O–H groups in total. The second kappa shape index (κ2) is 5.46. The number of nitrogens with two attached hydrogens (primary N) is 1. The molecule has 0 radical (unpaired) electrons. The number of thioether (sulfide) groups is 1. The van der Waals surface area contributed by atoms with Crippen molar-refractivity contribution >= 4 is 33.4 Å². The van der Waals surface area contributed by atoms with E-state index in [0.29, 0.717) is 16.7 Å². The molecule has 0 bridgehead atoms. The average Bonchev–Trinajstić information content (AvgIpc) is 2.13. The van der Waals surface area contributed by atoms with Crippen molar-refractivity contribution in [2.45, 2.75) is 13.5 Å². The van der Waals surface area contributed by atoms with Gasteiger partial charge in [0.25, 0.3) is 5.56 Å². The zero-order valence-corrected chi connectivity index (χ0v) is 10.4. The number of nitrogens with zero attached hydrogens (tertiary/aromatic N) is 1. The van der Waals surface area contributed by atoms with Gasteiger partial charge in [0.15, 0.2) is 0 Å². The molecule has 0 aliphatic carbocycles. The fourth-order valence-electron chi connectivity index (χ4n) is 1.09. The molecule has 1 aromatic rings. The summed E-state index contributed by atoms with van der Waals surface area (Å²) in [5, 5.41) is 0. The molecular formula is C9H13BrN2OS. The van der Waals surface area contributed by atoms with Crippen molar-refractivity contribution in [1.82, 2.24) is 4.57 Å². The van der Waals surface area contributed by atoms with Gasteiger partial charge in [-0.05, 0) is 27.7 Å². The van der Waals surface area contributed by atoms with E-state index in [4.69, 9.17) is 5.73 Å². The lowest BCUT2D eigenvalue weighted by atomic mass is 10.4. The Bertz CT molecular complexity index is 364. The molecule has 0 atom stereocenters. The predicted octanol–water partition coefficient (Wildman–Crippen LogP) is 1.95. The van der Waals surface area contributed by atoms with E-state index in [2.05, 4.69) is 22.9 Å². The van der Waals surface area contributed by atoms with Crippen LogP contribution < -0.4 is 11.3 Å². The van der Waals surface area contributed by atoms with Crippen LogP contribution in [0.2, 0.25) is 0 Å².